The number of benzene rings is 3. The molecule has 3 rings (SSSR count). The Balaban J connectivity index is 1.78. The molecule has 2 N–H and O–H groups in total. The molecule has 40 heavy (non-hydrogen) atoms. The van der Waals surface area contributed by atoms with E-state index in [0.717, 1.165) is 33.4 Å². The van der Waals surface area contributed by atoms with Crippen molar-refractivity contribution in [2.45, 2.75) is 92.3 Å². The molecule has 3 aromatic carbocycles. The number of hydrogen-bond donors (Lipinski definition) is 2. The molecule has 0 fully saturated rings. The molecule has 6 nitrogen and oxygen atoms in total. The summed E-state index contributed by atoms with van der Waals surface area (Å²) in [5.41, 5.74) is 4.99. The van der Waals surface area contributed by atoms with Gasteiger partial charge < -0.3 is 19.7 Å². The first-order valence-electron chi connectivity index (χ1n) is 14.0. The van der Waals surface area contributed by atoms with Gasteiger partial charge in [-0.05, 0) is 93.5 Å². The molecule has 0 radical (unpaired) electrons. The van der Waals surface area contributed by atoms with Gasteiger partial charge in [0.25, 0.3) is 0 Å². The Bertz CT molecular complexity index is 1200. The van der Waals surface area contributed by atoms with E-state index in [2.05, 4.69) is 0 Å². The van der Waals surface area contributed by atoms with Gasteiger partial charge in [-0.3, -0.25) is 0 Å². The summed E-state index contributed by atoms with van der Waals surface area (Å²) in [5, 5.41) is 21.3. The van der Waals surface area contributed by atoms with Crippen LogP contribution in [-0.2, 0) is 22.7 Å². The van der Waals surface area contributed by atoms with Gasteiger partial charge in [-0.2, -0.15) is 0 Å². The lowest BCUT2D eigenvalue weighted by Gasteiger charge is -2.18. The van der Waals surface area contributed by atoms with Crippen molar-refractivity contribution in [1.82, 2.24) is 0 Å². The van der Waals surface area contributed by atoms with E-state index in [1.54, 1.807) is 24.3 Å². The molecule has 214 valence electrons. The van der Waals surface area contributed by atoms with E-state index in [1.807, 2.05) is 79.7 Å². The summed E-state index contributed by atoms with van der Waals surface area (Å²) in [5.74, 6) is -0.296. The zero-order valence-electron chi connectivity index (χ0n) is 24.9. The van der Waals surface area contributed by atoms with Gasteiger partial charge in [0.1, 0.15) is 24.7 Å². The molecule has 6 heteroatoms. The van der Waals surface area contributed by atoms with E-state index in [1.165, 1.54) is 0 Å². The maximum atomic E-state index is 13.1. The van der Waals surface area contributed by atoms with Gasteiger partial charge in [0.2, 0.25) is 0 Å². The van der Waals surface area contributed by atoms with Crippen LogP contribution in [0.3, 0.4) is 0 Å². The van der Waals surface area contributed by atoms with Gasteiger partial charge in [0.15, 0.2) is 0 Å². The molecule has 0 atom stereocenters. The SMILES string of the molecule is CC(C)c1cc(COC(=O)c2ccccc2C(=O)OCc2cc(C(C)C)c(O)c(C(C)C)c2)cc(C(C)C)c1O. The monoisotopic (exact) mass is 546 g/mol. The number of esters is 2. The Hall–Kier alpha value is -3.80. The van der Waals surface area contributed by atoms with E-state index in [-0.39, 0.29) is 59.5 Å². The number of hydrogen-bond acceptors (Lipinski definition) is 6. The van der Waals surface area contributed by atoms with Crippen LogP contribution in [0.25, 0.3) is 0 Å². The topological polar surface area (TPSA) is 93.1 Å². The molecule has 0 saturated heterocycles. The predicted octanol–water partition coefficient (Wildman–Crippen LogP) is 8.31. The second-order valence-corrected chi connectivity index (χ2v) is 11.6. The molecule has 0 bridgehead atoms. The Labute approximate surface area is 238 Å². The number of aromatic hydroxyl groups is 2. The van der Waals surface area contributed by atoms with Gasteiger partial charge in [-0.15, -0.1) is 0 Å². The third-order valence-corrected chi connectivity index (χ3v) is 7.05. The summed E-state index contributed by atoms with van der Waals surface area (Å²) >= 11 is 0. The summed E-state index contributed by atoms with van der Waals surface area (Å²) in [6.07, 6.45) is 0. The summed E-state index contributed by atoms with van der Waals surface area (Å²) in [6.45, 7) is 16.0. The lowest BCUT2D eigenvalue weighted by Crippen LogP contribution is -2.14. The van der Waals surface area contributed by atoms with Crippen LogP contribution in [0.5, 0.6) is 11.5 Å². The van der Waals surface area contributed by atoms with Crippen molar-refractivity contribution in [3.8, 4) is 11.5 Å². The minimum Gasteiger partial charge on any atom is -0.507 e. The Kier molecular flexibility index (Phi) is 10.0. The summed E-state index contributed by atoms with van der Waals surface area (Å²) in [4.78, 5) is 26.2. The maximum absolute atomic E-state index is 13.1. The minimum absolute atomic E-state index is 0.00536. The average molecular weight is 547 g/mol. The third kappa shape index (κ3) is 7.04. The highest BCUT2D eigenvalue weighted by Crippen LogP contribution is 2.36. The Morgan fingerprint density at radius 2 is 0.850 bits per heavy atom. The average Bonchev–Trinajstić information content (AvgIpc) is 2.90. The lowest BCUT2D eigenvalue weighted by atomic mass is 9.91. The van der Waals surface area contributed by atoms with Gasteiger partial charge in [0.05, 0.1) is 11.1 Å². The fourth-order valence-corrected chi connectivity index (χ4v) is 4.71. The van der Waals surface area contributed by atoms with Crippen molar-refractivity contribution < 1.29 is 29.3 Å². The lowest BCUT2D eigenvalue weighted by molar-refractivity contribution is 0.0425. The van der Waals surface area contributed by atoms with E-state index in [0.29, 0.717) is 0 Å². The van der Waals surface area contributed by atoms with Crippen LogP contribution in [0, 0.1) is 0 Å². The van der Waals surface area contributed by atoms with E-state index in [4.69, 9.17) is 9.47 Å². The zero-order valence-corrected chi connectivity index (χ0v) is 24.9. The second kappa shape index (κ2) is 13.0. The largest absolute Gasteiger partial charge is 0.507 e. The molecule has 0 spiro atoms. The van der Waals surface area contributed by atoms with Crippen LogP contribution < -0.4 is 0 Å². The summed E-state index contributed by atoms with van der Waals surface area (Å²) in [7, 11) is 0. The van der Waals surface area contributed by atoms with E-state index >= 15 is 0 Å². The summed E-state index contributed by atoms with van der Waals surface area (Å²) < 4.78 is 11.2. The fraction of sp³-hybridized carbons (Fsp3) is 0.412. The molecule has 0 saturated carbocycles. The van der Waals surface area contributed by atoms with Crippen molar-refractivity contribution in [3.05, 3.63) is 93.0 Å². The van der Waals surface area contributed by atoms with E-state index in [9.17, 15) is 19.8 Å². The smallest absolute Gasteiger partial charge is 0.339 e. The van der Waals surface area contributed by atoms with Crippen LogP contribution in [0.4, 0.5) is 0 Å². The molecule has 0 unspecified atom stereocenters. The fourth-order valence-electron chi connectivity index (χ4n) is 4.71. The standard InChI is InChI=1S/C34H42O6/c1-19(2)27-13-23(14-28(20(3)4)31(27)35)17-39-33(37)25-11-9-10-12-26(25)34(38)40-18-24-15-29(21(5)6)32(36)30(16-24)22(7)8/h9-16,19-22,35-36H,17-18H2,1-8H3. The Morgan fingerprint density at radius 1 is 0.575 bits per heavy atom. The molecule has 0 amide bonds. The van der Waals surface area contributed by atoms with Crippen molar-refractivity contribution >= 4 is 11.9 Å². The highest BCUT2D eigenvalue weighted by atomic mass is 16.5. The molecular formula is C34H42O6. The van der Waals surface area contributed by atoms with E-state index < -0.39 is 11.9 Å². The number of rotatable bonds is 10. The number of phenols is 2. The maximum Gasteiger partial charge on any atom is 0.339 e. The van der Waals surface area contributed by atoms with Crippen molar-refractivity contribution in [3.63, 3.8) is 0 Å². The van der Waals surface area contributed by atoms with Gasteiger partial charge >= 0.3 is 11.9 Å². The highest BCUT2D eigenvalue weighted by Gasteiger charge is 2.22. The van der Waals surface area contributed by atoms with Crippen LogP contribution in [0.2, 0.25) is 0 Å². The number of carbonyl (C=O) groups is 2. The molecular weight excluding hydrogens is 504 g/mol. The van der Waals surface area contributed by atoms with Gasteiger partial charge in [-0.25, -0.2) is 9.59 Å². The van der Waals surface area contributed by atoms with Gasteiger partial charge in [-0.1, -0.05) is 67.5 Å². The van der Waals surface area contributed by atoms with Crippen molar-refractivity contribution in [1.29, 1.82) is 0 Å². The molecule has 0 aliphatic rings. The zero-order chi connectivity index (χ0) is 29.7. The van der Waals surface area contributed by atoms with Gasteiger partial charge in [0, 0.05) is 0 Å². The van der Waals surface area contributed by atoms with Crippen LogP contribution in [0.15, 0.2) is 48.5 Å². The highest BCUT2D eigenvalue weighted by molar-refractivity contribution is 6.03. The van der Waals surface area contributed by atoms with Crippen LogP contribution in [-0.4, -0.2) is 22.2 Å². The second-order valence-electron chi connectivity index (χ2n) is 11.6. The Morgan fingerprint density at radius 3 is 1.10 bits per heavy atom. The number of ether oxygens (including phenoxy) is 2. The quantitative estimate of drug-likeness (QED) is 0.248. The first-order valence-corrected chi connectivity index (χ1v) is 14.0. The van der Waals surface area contributed by atoms with Crippen LogP contribution >= 0.6 is 0 Å². The first kappa shape index (κ1) is 30.7. The van der Waals surface area contributed by atoms with Crippen molar-refractivity contribution in [2.75, 3.05) is 0 Å². The number of phenolic OH excluding ortho intramolecular Hbond substituents is 2. The molecule has 0 aliphatic carbocycles. The third-order valence-electron chi connectivity index (χ3n) is 7.05. The summed E-state index contributed by atoms with van der Waals surface area (Å²) in [6, 6.07) is 13.9. The first-order chi connectivity index (χ1) is 18.8. The molecule has 0 heterocycles. The normalized spacial score (nSPS) is 11.5. The van der Waals surface area contributed by atoms with Crippen LogP contribution in [0.1, 0.15) is 133 Å². The van der Waals surface area contributed by atoms with Crippen molar-refractivity contribution in [2.24, 2.45) is 0 Å². The minimum atomic E-state index is -0.633. The molecule has 0 aromatic heterocycles. The number of carbonyl (C=O) groups excluding carboxylic acids is 2. The molecule has 3 aromatic rings. The molecule has 0 aliphatic heterocycles. The predicted molar refractivity (Wildman–Crippen MR) is 157 cm³/mol.